The third-order valence-electron chi connectivity index (χ3n) is 3.51. The fraction of sp³-hybridized carbons (Fsp3) is 0.263. The van der Waals surface area contributed by atoms with Crippen LogP contribution >= 0.6 is 15.9 Å². The van der Waals surface area contributed by atoms with Crippen LogP contribution in [0.4, 0.5) is 0 Å². The molecule has 0 heterocycles. The molecule has 0 bridgehead atoms. The van der Waals surface area contributed by atoms with Crippen molar-refractivity contribution in [2.75, 3.05) is 13.7 Å². The number of carbonyl (C=O) groups is 1. The SMILES string of the molecule is COc1ccccc1C=NNC(=O)COc1ccc(C(C)C)cc1Br. The van der Waals surface area contributed by atoms with Crippen LogP contribution < -0.4 is 14.9 Å². The third kappa shape index (κ3) is 5.60. The van der Waals surface area contributed by atoms with Crippen LogP contribution in [0.2, 0.25) is 0 Å². The number of methoxy groups -OCH3 is 1. The second kappa shape index (κ2) is 9.22. The number of benzene rings is 2. The van der Waals surface area contributed by atoms with Crippen molar-refractivity contribution in [3.8, 4) is 11.5 Å². The van der Waals surface area contributed by atoms with E-state index in [1.807, 2.05) is 42.5 Å². The zero-order valence-electron chi connectivity index (χ0n) is 14.5. The highest BCUT2D eigenvalue weighted by Crippen LogP contribution is 2.28. The minimum absolute atomic E-state index is 0.122. The van der Waals surface area contributed by atoms with Gasteiger partial charge < -0.3 is 9.47 Å². The predicted molar refractivity (Wildman–Crippen MR) is 102 cm³/mol. The summed E-state index contributed by atoms with van der Waals surface area (Å²) in [6, 6.07) is 13.2. The Kier molecular flexibility index (Phi) is 7.01. The fourth-order valence-corrected chi connectivity index (χ4v) is 2.63. The van der Waals surface area contributed by atoms with E-state index in [1.165, 1.54) is 11.8 Å². The van der Waals surface area contributed by atoms with Gasteiger partial charge in [0.2, 0.25) is 0 Å². The van der Waals surface area contributed by atoms with Crippen molar-refractivity contribution in [2.45, 2.75) is 19.8 Å². The summed E-state index contributed by atoms with van der Waals surface area (Å²) in [5, 5.41) is 3.93. The molecule has 0 aromatic heterocycles. The molecular formula is C19H21BrN2O3. The lowest BCUT2D eigenvalue weighted by Crippen LogP contribution is -2.24. The number of rotatable bonds is 7. The summed E-state index contributed by atoms with van der Waals surface area (Å²) in [7, 11) is 1.58. The maximum absolute atomic E-state index is 11.9. The molecule has 0 aliphatic heterocycles. The van der Waals surface area contributed by atoms with Crippen molar-refractivity contribution >= 4 is 28.1 Å². The van der Waals surface area contributed by atoms with Gasteiger partial charge in [0.05, 0.1) is 17.8 Å². The highest BCUT2D eigenvalue weighted by atomic mass is 79.9. The molecule has 0 unspecified atom stereocenters. The molecule has 25 heavy (non-hydrogen) atoms. The Morgan fingerprint density at radius 3 is 2.68 bits per heavy atom. The van der Waals surface area contributed by atoms with Gasteiger partial charge >= 0.3 is 0 Å². The average molecular weight is 405 g/mol. The molecule has 1 amide bonds. The van der Waals surface area contributed by atoms with E-state index in [2.05, 4.69) is 40.3 Å². The van der Waals surface area contributed by atoms with Crippen molar-refractivity contribution in [1.82, 2.24) is 5.43 Å². The summed E-state index contributed by atoms with van der Waals surface area (Å²) < 4.78 is 11.6. The second-order valence-corrected chi connectivity index (χ2v) is 6.52. The Bertz CT molecular complexity index is 760. The number of carbonyl (C=O) groups excluding carboxylic acids is 1. The molecule has 0 aliphatic carbocycles. The highest BCUT2D eigenvalue weighted by molar-refractivity contribution is 9.10. The van der Waals surface area contributed by atoms with Crippen molar-refractivity contribution in [2.24, 2.45) is 5.10 Å². The van der Waals surface area contributed by atoms with Crippen LogP contribution in [-0.2, 0) is 4.79 Å². The summed E-state index contributed by atoms with van der Waals surface area (Å²) in [6.45, 7) is 4.12. The van der Waals surface area contributed by atoms with Crippen molar-refractivity contribution in [3.63, 3.8) is 0 Å². The molecule has 0 aliphatic rings. The first kappa shape index (κ1) is 19.0. The standard InChI is InChI=1S/C19H21BrN2O3/c1-13(2)14-8-9-18(16(20)10-14)25-12-19(23)22-21-11-15-6-4-5-7-17(15)24-3/h4-11,13H,12H2,1-3H3,(H,22,23). The van der Waals surface area contributed by atoms with Crippen LogP contribution in [0.5, 0.6) is 11.5 Å². The lowest BCUT2D eigenvalue weighted by molar-refractivity contribution is -0.123. The van der Waals surface area contributed by atoms with Gasteiger partial charge in [0.1, 0.15) is 11.5 Å². The Morgan fingerprint density at radius 1 is 1.24 bits per heavy atom. The summed E-state index contributed by atoms with van der Waals surface area (Å²) >= 11 is 3.46. The molecule has 132 valence electrons. The number of ether oxygens (including phenoxy) is 2. The van der Waals surface area contributed by atoms with Gasteiger partial charge in [0.25, 0.3) is 5.91 Å². The van der Waals surface area contributed by atoms with E-state index in [9.17, 15) is 4.79 Å². The van der Waals surface area contributed by atoms with Crippen LogP contribution in [0.1, 0.15) is 30.9 Å². The first-order chi connectivity index (χ1) is 12.0. The molecule has 0 saturated carbocycles. The smallest absolute Gasteiger partial charge is 0.277 e. The van der Waals surface area contributed by atoms with Crippen LogP contribution in [0.3, 0.4) is 0 Å². The molecule has 0 spiro atoms. The molecule has 0 fully saturated rings. The van der Waals surface area contributed by atoms with Gasteiger partial charge in [-0.2, -0.15) is 5.10 Å². The number of hydrazone groups is 1. The zero-order valence-corrected chi connectivity index (χ0v) is 16.0. The van der Waals surface area contributed by atoms with E-state index in [0.29, 0.717) is 17.4 Å². The third-order valence-corrected chi connectivity index (χ3v) is 4.13. The first-order valence-electron chi connectivity index (χ1n) is 7.88. The number of nitrogens with one attached hydrogen (secondary N) is 1. The number of para-hydroxylation sites is 1. The Labute approximate surface area is 156 Å². The molecule has 2 rings (SSSR count). The van der Waals surface area contributed by atoms with Crippen LogP contribution in [0.15, 0.2) is 52.0 Å². The normalized spacial score (nSPS) is 10.9. The molecule has 0 saturated heterocycles. The predicted octanol–water partition coefficient (Wildman–Crippen LogP) is 4.11. The van der Waals surface area contributed by atoms with Crippen LogP contribution in [0, 0.1) is 0 Å². The van der Waals surface area contributed by atoms with E-state index < -0.39 is 0 Å². The lowest BCUT2D eigenvalue weighted by Gasteiger charge is -2.10. The number of amides is 1. The fourth-order valence-electron chi connectivity index (χ4n) is 2.12. The van der Waals surface area contributed by atoms with Crippen molar-refractivity contribution in [1.29, 1.82) is 0 Å². The van der Waals surface area contributed by atoms with E-state index >= 15 is 0 Å². The van der Waals surface area contributed by atoms with E-state index in [0.717, 1.165) is 10.0 Å². The summed E-state index contributed by atoms with van der Waals surface area (Å²) in [6.07, 6.45) is 1.53. The van der Waals surface area contributed by atoms with Gasteiger partial charge in [0, 0.05) is 5.56 Å². The number of hydrogen-bond donors (Lipinski definition) is 1. The Hall–Kier alpha value is -2.34. The molecule has 0 radical (unpaired) electrons. The maximum Gasteiger partial charge on any atom is 0.277 e. The van der Waals surface area contributed by atoms with Crippen molar-refractivity contribution < 1.29 is 14.3 Å². The topological polar surface area (TPSA) is 59.9 Å². The van der Waals surface area contributed by atoms with Gasteiger partial charge in [-0.15, -0.1) is 0 Å². The monoisotopic (exact) mass is 404 g/mol. The molecule has 1 N–H and O–H groups in total. The summed E-state index contributed by atoms with van der Waals surface area (Å²) in [4.78, 5) is 11.9. The minimum Gasteiger partial charge on any atom is -0.496 e. The Balaban J connectivity index is 1.88. The number of hydrogen-bond acceptors (Lipinski definition) is 4. The highest BCUT2D eigenvalue weighted by Gasteiger charge is 2.07. The van der Waals surface area contributed by atoms with Crippen LogP contribution in [0.25, 0.3) is 0 Å². The summed E-state index contributed by atoms with van der Waals surface area (Å²) in [5.74, 6) is 1.39. The molecule has 2 aromatic carbocycles. The zero-order chi connectivity index (χ0) is 18.2. The number of nitrogens with zero attached hydrogens (tertiary/aromatic N) is 1. The van der Waals surface area contributed by atoms with Crippen molar-refractivity contribution in [3.05, 3.63) is 58.1 Å². The molecule has 2 aromatic rings. The van der Waals surface area contributed by atoms with E-state index in [4.69, 9.17) is 9.47 Å². The maximum atomic E-state index is 11.9. The minimum atomic E-state index is -0.342. The van der Waals surface area contributed by atoms with Gasteiger partial charge in [-0.25, -0.2) is 5.43 Å². The van der Waals surface area contributed by atoms with E-state index in [-0.39, 0.29) is 12.5 Å². The van der Waals surface area contributed by atoms with E-state index in [1.54, 1.807) is 7.11 Å². The van der Waals surface area contributed by atoms with Gasteiger partial charge in [-0.3, -0.25) is 4.79 Å². The largest absolute Gasteiger partial charge is 0.496 e. The molecule has 5 nitrogen and oxygen atoms in total. The summed E-state index contributed by atoms with van der Waals surface area (Å²) in [5.41, 5.74) is 4.41. The van der Waals surface area contributed by atoms with Gasteiger partial charge in [-0.1, -0.05) is 32.0 Å². The Morgan fingerprint density at radius 2 is 2.00 bits per heavy atom. The van der Waals surface area contributed by atoms with Gasteiger partial charge in [-0.05, 0) is 51.7 Å². The van der Waals surface area contributed by atoms with Crippen LogP contribution in [-0.4, -0.2) is 25.8 Å². The second-order valence-electron chi connectivity index (χ2n) is 5.67. The average Bonchev–Trinajstić information content (AvgIpc) is 2.61. The molecular weight excluding hydrogens is 384 g/mol. The van der Waals surface area contributed by atoms with Gasteiger partial charge in [0.15, 0.2) is 6.61 Å². The number of halogens is 1. The molecule has 6 heteroatoms. The molecule has 0 atom stereocenters. The quantitative estimate of drug-likeness (QED) is 0.557. The lowest BCUT2D eigenvalue weighted by atomic mass is 10.0. The first-order valence-corrected chi connectivity index (χ1v) is 8.67.